The molecule has 1 saturated heterocycles. The summed E-state index contributed by atoms with van der Waals surface area (Å²) in [5, 5.41) is 7.90. The van der Waals surface area contributed by atoms with Crippen LogP contribution in [0.1, 0.15) is 18.7 Å². The van der Waals surface area contributed by atoms with Gasteiger partial charge in [0.05, 0.1) is 0 Å². The van der Waals surface area contributed by atoms with Gasteiger partial charge in [-0.1, -0.05) is 5.16 Å². The van der Waals surface area contributed by atoms with Gasteiger partial charge >= 0.3 is 0 Å². The summed E-state index contributed by atoms with van der Waals surface area (Å²) in [6.07, 6.45) is 1.67. The number of aryl methyl sites for hydroxylation is 1. The Morgan fingerprint density at radius 2 is 2.00 bits per heavy atom. The molecule has 0 saturated carbocycles. The highest BCUT2D eigenvalue weighted by atomic mass is 32.1. The molecule has 0 aliphatic carbocycles. The summed E-state index contributed by atoms with van der Waals surface area (Å²) < 4.78 is 18.4. The van der Waals surface area contributed by atoms with Gasteiger partial charge in [0.15, 0.2) is 0 Å². The Morgan fingerprint density at radius 1 is 1.14 bits per heavy atom. The van der Waals surface area contributed by atoms with Crippen LogP contribution >= 0.6 is 11.3 Å². The van der Waals surface area contributed by atoms with E-state index in [1.165, 1.54) is 12.1 Å². The molecule has 1 fully saturated rings. The van der Waals surface area contributed by atoms with Crippen molar-refractivity contribution in [1.29, 1.82) is 0 Å². The first-order valence-corrected chi connectivity index (χ1v) is 10.3. The van der Waals surface area contributed by atoms with Gasteiger partial charge in [0.2, 0.25) is 17.6 Å². The summed E-state index contributed by atoms with van der Waals surface area (Å²) in [6.45, 7) is 2.96. The van der Waals surface area contributed by atoms with Crippen molar-refractivity contribution >= 4 is 22.9 Å². The van der Waals surface area contributed by atoms with Crippen LogP contribution in [-0.4, -0.2) is 47.1 Å². The predicted octanol–water partition coefficient (Wildman–Crippen LogP) is 3.61. The highest BCUT2D eigenvalue weighted by Gasteiger charge is 2.20. The van der Waals surface area contributed by atoms with Gasteiger partial charge in [-0.3, -0.25) is 4.79 Å². The zero-order valence-electron chi connectivity index (χ0n) is 15.4. The van der Waals surface area contributed by atoms with Gasteiger partial charge in [-0.25, -0.2) is 4.39 Å². The smallest absolute Gasteiger partial charge is 0.227 e. The van der Waals surface area contributed by atoms with Gasteiger partial charge in [0.1, 0.15) is 5.82 Å². The van der Waals surface area contributed by atoms with Crippen LogP contribution in [0.25, 0.3) is 11.4 Å². The van der Waals surface area contributed by atoms with Crippen molar-refractivity contribution in [3.05, 3.63) is 52.8 Å². The van der Waals surface area contributed by atoms with Gasteiger partial charge < -0.3 is 14.3 Å². The minimum atomic E-state index is -0.237. The number of carbonyl (C=O) groups is 1. The first kappa shape index (κ1) is 18.6. The van der Waals surface area contributed by atoms with Crippen LogP contribution in [0.2, 0.25) is 0 Å². The standard InChI is InChI=1S/C20H21FN4O2S/c21-16-2-4-17(5-3-16)24-9-1-10-25(12-11-24)19(26)7-6-18-22-20(23-27-18)15-8-13-28-14-15/h2-5,8,13-14H,1,6-7,9-12H2. The van der Waals surface area contributed by atoms with Gasteiger partial charge in [-0.2, -0.15) is 16.3 Å². The lowest BCUT2D eigenvalue weighted by molar-refractivity contribution is -0.131. The Hall–Kier alpha value is -2.74. The number of rotatable bonds is 5. The molecular weight excluding hydrogens is 379 g/mol. The van der Waals surface area contributed by atoms with E-state index >= 15 is 0 Å². The maximum absolute atomic E-state index is 13.1. The predicted molar refractivity (Wildman–Crippen MR) is 106 cm³/mol. The molecular formula is C20H21FN4O2S. The van der Waals surface area contributed by atoms with E-state index in [0.29, 0.717) is 31.1 Å². The molecule has 1 amide bonds. The number of thiophene rings is 1. The Balaban J connectivity index is 1.30. The highest BCUT2D eigenvalue weighted by Crippen LogP contribution is 2.20. The van der Waals surface area contributed by atoms with E-state index in [1.54, 1.807) is 23.5 Å². The summed E-state index contributed by atoms with van der Waals surface area (Å²) in [5.41, 5.74) is 1.92. The fourth-order valence-corrected chi connectivity index (χ4v) is 3.95. The maximum atomic E-state index is 13.1. The van der Waals surface area contributed by atoms with E-state index in [2.05, 4.69) is 15.0 Å². The Morgan fingerprint density at radius 3 is 2.79 bits per heavy atom. The molecule has 0 bridgehead atoms. The summed E-state index contributed by atoms with van der Waals surface area (Å²) in [7, 11) is 0. The Kier molecular flexibility index (Phi) is 5.66. The van der Waals surface area contributed by atoms with Crippen LogP contribution in [0.5, 0.6) is 0 Å². The van der Waals surface area contributed by atoms with Crippen LogP contribution in [0.4, 0.5) is 10.1 Å². The summed E-state index contributed by atoms with van der Waals surface area (Å²) in [4.78, 5) is 21.1. The molecule has 3 heterocycles. The van der Waals surface area contributed by atoms with Crippen LogP contribution < -0.4 is 4.90 Å². The second kappa shape index (κ2) is 8.52. The van der Waals surface area contributed by atoms with Crippen molar-refractivity contribution < 1.29 is 13.7 Å². The van der Waals surface area contributed by atoms with E-state index in [-0.39, 0.29) is 11.7 Å². The number of benzene rings is 1. The van der Waals surface area contributed by atoms with Crippen molar-refractivity contribution in [3.63, 3.8) is 0 Å². The minimum Gasteiger partial charge on any atom is -0.370 e. The fraction of sp³-hybridized carbons (Fsp3) is 0.350. The van der Waals surface area contributed by atoms with Crippen LogP contribution in [-0.2, 0) is 11.2 Å². The topological polar surface area (TPSA) is 62.5 Å². The third kappa shape index (κ3) is 4.39. The fourth-order valence-electron chi connectivity index (χ4n) is 3.31. The second-order valence-corrected chi connectivity index (χ2v) is 7.50. The molecule has 0 radical (unpaired) electrons. The third-order valence-corrected chi connectivity index (χ3v) is 5.52. The van der Waals surface area contributed by atoms with Crippen molar-refractivity contribution in [2.75, 3.05) is 31.1 Å². The average molecular weight is 400 g/mol. The molecule has 1 aromatic carbocycles. The van der Waals surface area contributed by atoms with E-state index in [4.69, 9.17) is 4.52 Å². The summed E-state index contributed by atoms with van der Waals surface area (Å²) in [5.74, 6) is 0.903. The van der Waals surface area contributed by atoms with Crippen molar-refractivity contribution in [3.8, 4) is 11.4 Å². The van der Waals surface area contributed by atoms with Crippen molar-refractivity contribution in [2.24, 2.45) is 0 Å². The minimum absolute atomic E-state index is 0.0937. The summed E-state index contributed by atoms with van der Waals surface area (Å²) in [6, 6.07) is 8.45. The largest absolute Gasteiger partial charge is 0.370 e. The molecule has 4 rings (SSSR count). The van der Waals surface area contributed by atoms with Crippen molar-refractivity contribution in [1.82, 2.24) is 15.0 Å². The highest BCUT2D eigenvalue weighted by molar-refractivity contribution is 7.08. The SMILES string of the molecule is O=C(CCc1nc(-c2ccsc2)no1)N1CCCN(c2ccc(F)cc2)CC1. The lowest BCUT2D eigenvalue weighted by atomic mass is 10.2. The third-order valence-electron chi connectivity index (χ3n) is 4.84. The zero-order valence-corrected chi connectivity index (χ0v) is 16.2. The lowest BCUT2D eigenvalue weighted by Gasteiger charge is -2.23. The number of nitrogens with zero attached hydrogens (tertiary/aromatic N) is 4. The monoisotopic (exact) mass is 400 g/mol. The number of hydrogen-bond donors (Lipinski definition) is 0. The van der Waals surface area contributed by atoms with Gasteiger partial charge in [-0.15, -0.1) is 0 Å². The maximum Gasteiger partial charge on any atom is 0.227 e. The number of carbonyl (C=O) groups excluding carboxylic acids is 1. The van der Waals surface area contributed by atoms with Gasteiger partial charge in [0.25, 0.3) is 0 Å². The summed E-state index contributed by atoms with van der Waals surface area (Å²) >= 11 is 1.58. The average Bonchev–Trinajstić information content (AvgIpc) is 3.34. The lowest BCUT2D eigenvalue weighted by Crippen LogP contribution is -2.35. The zero-order chi connectivity index (χ0) is 19.3. The molecule has 0 N–H and O–H groups in total. The number of anilines is 1. The molecule has 6 nitrogen and oxygen atoms in total. The van der Waals surface area contributed by atoms with Gasteiger partial charge in [-0.05, 0) is 42.1 Å². The first-order chi connectivity index (χ1) is 13.7. The molecule has 1 aliphatic rings. The van der Waals surface area contributed by atoms with Crippen LogP contribution in [0.15, 0.2) is 45.6 Å². The molecule has 2 aromatic heterocycles. The number of halogens is 1. The number of amides is 1. The van der Waals surface area contributed by atoms with Crippen molar-refractivity contribution in [2.45, 2.75) is 19.3 Å². The quantitative estimate of drug-likeness (QED) is 0.655. The van der Waals surface area contributed by atoms with E-state index in [0.717, 1.165) is 37.3 Å². The van der Waals surface area contributed by atoms with Crippen LogP contribution in [0.3, 0.4) is 0 Å². The molecule has 1 aliphatic heterocycles. The molecule has 8 heteroatoms. The van der Waals surface area contributed by atoms with E-state index < -0.39 is 0 Å². The molecule has 0 atom stereocenters. The molecule has 0 unspecified atom stereocenters. The second-order valence-electron chi connectivity index (χ2n) is 6.72. The number of hydrogen-bond acceptors (Lipinski definition) is 6. The molecule has 0 spiro atoms. The Bertz CT molecular complexity index is 911. The molecule has 28 heavy (non-hydrogen) atoms. The Labute approximate surface area is 166 Å². The first-order valence-electron chi connectivity index (χ1n) is 9.32. The molecule has 146 valence electrons. The van der Waals surface area contributed by atoms with Gasteiger partial charge in [0, 0.05) is 55.7 Å². The molecule has 3 aromatic rings. The normalized spacial score (nSPS) is 14.9. The number of aromatic nitrogens is 2. The van der Waals surface area contributed by atoms with Crippen LogP contribution in [0, 0.1) is 5.82 Å². The van der Waals surface area contributed by atoms with E-state index in [9.17, 15) is 9.18 Å². The van der Waals surface area contributed by atoms with E-state index in [1.807, 2.05) is 21.7 Å².